The van der Waals surface area contributed by atoms with Crippen LogP contribution in [0.5, 0.6) is 0 Å². The lowest BCUT2D eigenvalue weighted by Gasteiger charge is -2.18. The molecule has 0 saturated carbocycles. The van der Waals surface area contributed by atoms with Crippen LogP contribution >= 0.6 is 0 Å². The number of ether oxygens (including phenoxy) is 3. The minimum Gasteiger partial charge on any atom is -0.462 e. The van der Waals surface area contributed by atoms with Gasteiger partial charge in [-0.1, -0.05) is 223 Å². The molecule has 0 aromatic rings. The third-order valence-corrected chi connectivity index (χ3v) is 11.6. The van der Waals surface area contributed by atoms with Crippen LogP contribution < -0.4 is 0 Å². The summed E-state index contributed by atoms with van der Waals surface area (Å²) in [6.07, 6.45) is 61.0. The van der Waals surface area contributed by atoms with Crippen molar-refractivity contribution in [3.63, 3.8) is 0 Å². The summed E-state index contributed by atoms with van der Waals surface area (Å²) in [7, 11) is 0. The van der Waals surface area contributed by atoms with Gasteiger partial charge in [-0.15, -0.1) is 0 Å². The molecule has 0 aliphatic heterocycles. The van der Waals surface area contributed by atoms with Gasteiger partial charge in [0.25, 0.3) is 0 Å². The molecule has 0 bridgehead atoms. The minimum absolute atomic E-state index is 0.0845. The Morgan fingerprint density at radius 1 is 0.339 bits per heavy atom. The van der Waals surface area contributed by atoms with Crippen LogP contribution in [-0.2, 0) is 28.6 Å². The molecule has 0 fully saturated rings. The zero-order valence-electron chi connectivity index (χ0n) is 41.1. The highest BCUT2D eigenvalue weighted by Crippen LogP contribution is 2.16. The van der Waals surface area contributed by atoms with Crippen molar-refractivity contribution in [2.24, 2.45) is 0 Å². The average molecular weight is 869 g/mol. The number of rotatable bonds is 48. The standard InChI is InChI=1S/C56H100O6/c1-4-7-10-13-16-19-22-25-27-28-29-32-34-37-40-43-46-49-55(58)61-52-53(51-60-54(57)48-45-42-39-36-33-30-24-21-18-15-12-9-6-3)62-56(59)50-47-44-41-38-35-31-26-23-20-17-14-11-8-5-2/h8,11,17,20,26,30-31,33,53H,4-7,9-10,12-16,18-19,21-25,27-29,32,34-52H2,1-3H3/b11-8-,20-17-,31-26-,33-30-. The van der Waals surface area contributed by atoms with Gasteiger partial charge in [0.2, 0.25) is 0 Å². The molecule has 0 N–H and O–H groups in total. The Labute approximate surface area is 384 Å². The van der Waals surface area contributed by atoms with Crippen LogP contribution in [0.1, 0.15) is 271 Å². The number of allylic oxidation sites excluding steroid dienone is 8. The molecular weight excluding hydrogens is 769 g/mol. The van der Waals surface area contributed by atoms with E-state index in [4.69, 9.17) is 14.2 Å². The second-order valence-electron chi connectivity index (χ2n) is 17.8. The van der Waals surface area contributed by atoms with Crippen LogP contribution in [-0.4, -0.2) is 37.2 Å². The van der Waals surface area contributed by atoms with Gasteiger partial charge in [-0.3, -0.25) is 14.4 Å². The summed E-state index contributed by atoms with van der Waals surface area (Å²) in [5.41, 5.74) is 0. The Morgan fingerprint density at radius 2 is 0.629 bits per heavy atom. The quantitative estimate of drug-likeness (QED) is 0.0262. The third kappa shape index (κ3) is 48.4. The summed E-state index contributed by atoms with van der Waals surface area (Å²) in [6.45, 7) is 6.51. The Kier molecular flexibility index (Phi) is 48.8. The highest BCUT2D eigenvalue weighted by molar-refractivity contribution is 5.71. The fourth-order valence-corrected chi connectivity index (χ4v) is 7.57. The van der Waals surface area contributed by atoms with Gasteiger partial charge in [-0.05, 0) is 77.0 Å². The summed E-state index contributed by atoms with van der Waals surface area (Å²) in [5.74, 6) is -0.914. The van der Waals surface area contributed by atoms with Crippen molar-refractivity contribution in [3.8, 4) is 0 Å². The van der Waals surface area contributed by atoms with E-state index in [9.17, 15) is 14.4 Å². The average Bonchev–Trinajstić information content (AvgIpc) is 3.27. The Balaban J connectivity index is 4.38. The van der Waals surface area contributed by atoms with Crippen LogP contribution in [0.25, 0.3) is 0 Å². The number of carbonyl (C=O) groups excluding carboxylic acids is 3. The van der Waals surface area contributed by atoms with Crippen molar-refractivity contribution >= 4 is 17.9 Å². The van der Waals surface area contributed by atoms with Crippen molar-refractivity contribution in [2.75, 3.05) is 13.2 Å². The lowest BCUT2D eigenvalue weighted by molar-refractivity contribution is -0.167. The molecule has 0 aliphatic rings. The minimum atomic E-state index is -0.787. The summed E-state index contributed by atoms with van der Waals surface area (Å²) >= 11 is 0. The van der Waals surface area contributed by atoms with Crippen LogP contribution in [0.15, 0.2) is 48.6 Å². The molecule has 0 heterocycles. The summed E-state index contributed by atoms with van der Waals surface area (Å²) < 4.78 is 16.8. The monoisotopic (exact) mass is 869 g/mol. The van der Waals surface area contributed by atoms with Crippen molar-refractivity contribution in [3.05, 3.63) is 48.6 Å². The first-order chi connectivity index (χ1) is 30.5. The predicted octanol–water partition coefficient (Wildman–Crippen LogP) is 17.5. The van der Waals surface area contributed by atoms with Gasteiger partial charge in [0.05, 0.1) is 0 Å². The predicted molar refractivity (Wildman–Crippen MR) is 265 cm³/mol. The van der Waals surface area contributed by atoms with Gasteiger partial charge in [-0.25, -0.2) is 0 Å². The molecule has 6 heteroatoms. The number of hydrogen-bond acceptors (Lipinski definition) is 6. The molecule has 0 spiro atoms. The Bertz CT molecular complexity index is 1090. The number of unbranched alkanes of at least 4 members (excludes halogenated alkanes) is 29. The van der Waals surface area contributed by atoms with E-state index in [1.54, 1.807) is 0 Å². The number of carbonyl (C=O) groups is 3. The van der Waals surface area contributed by atoms with E-state index in [1.165, 1.54) is 128 Å². The zero-order chi connectivity index (χ0) is 45.1. The molecule has 62 heavy (non-hydrogen) atoms. The smallest absolute Gasteiger partial charge is 0.306 e. The van der Waals surface area contributed by atoms with Gasteiger partial charge in [0, 0.05) is 19.3 Å². The van der Waals surface area contributed by atoms with Crippen molar-refractivity contribution in [1.82, 2.24) is 0 Å². The second-order valence-corrected chi connectivity index (χ2v) is 17.8. The van der Waals surface area contributed by atoms with E-state index in [0.29, 0.717) is 19.3 Å². The van der Waals surface area contributed by atoms with Gasteiger partial charge in [-0.2, -0.15) is 0 Å². The topological polar surface area (TPSA) is 78.9 Å². The van der Waals surface area contributed by atoms with Crippen molar-refractivity contribution in [2.45, 2.75) is 277 Å². The normalized spacial score (nSPS) is 12.4. The number of esters is 3. The summed E-state index contributed by atoms with van der Waals surface area (Å²) in [6, 6.07) is 0. The SMILES string of the molecule is CC/C=C\C/C=C\C/C=C\CCCCCCC(=O)OC(COC(=O)CCCCC/C=C\CCCCCCCC)COC(=O)CCCCCCCCCCCCCCCCCCC. The van der Waals surface area contributed by atoms with Crippen molar-refractivity contribution in [1.29, 1.82) is 0 Å². The van der Waals surface area contributed by atoms with Crippen LogP contribution in [0.3, 0.4) is 0 Å². The maximum Gasteiger partial charge on any atom is 0.306 e. The first kappa shape index (κ1) is 59.4. The maximum atomic E-state index is 12.8. The van der Waals surface area contributed by atoms with E-state index in [-0.39, 0.29) is 31.1 Å². The summed E-state index contributed by atoms with van der Waals surface area (Å²) in [5, 5.41) is 0. The first-order valence-electron chi connectivity index (χ1n) is 26.6. The largest absolute Gasteiger partial charge is 0.462 e. The van der Waals surface area contributed by atoms with E-state index < -0.39 is 6.10 Å². The van der Waals surface area contributed by atoms with E-state index in [1.807, 2.05) is 0 Å². The van der Waals surface area contributed by atoms with Gasteiger partial charge in [0.15, 0.2) is 6.10 Å². The molecule has 0 aromatic heterocycles. The van der Waals surface area contributed by atoms with Crippen LogP contribution in [0, 0.1) is 0 Å². The second kappa shape index (κ2) is 51.0. The first-order valence-corrected chi connectivity index (χ1v) is 26.6. The van der Waals surface area contributed by atoms with Gasteiger partial charge < -0.3 is 14.2 Å². The maximum absolute atomic E-state index is 12.8. The number of hydrogen-bond donors (Lipinski definition) is 0. The molecule has 6 nitrogen and oxygen atoms in total. The molecule has 0 rings (SSSR count). The molecule has 0 aliphatic carbocycles. The third-order valence-electron chi connectivity index (χ3n) is 11.6. The van der Waals surface area contributed by atoms with Crippen molar-refractivity contribution < 1.29 is 28.6 Å². The van der Waals surface area contributed by atoms with Gasteiger partial charge >= 0.3 is 17.9 Å². The molecule has 0 aromatic carbocycles. The Hall–Kier alpha value is -2.63. The van der Waals surface area contributed by atoms with E-state index in [0.717, 1.165) is 103 Å². The zero-order valence-corrected chi connectivity index (χ0v) is 41.1. The molecule has 0 amide bonds. The summed E-state index contributed by atoms with van der Waals surface area (Å²) in [4.78, 5) is 38.0. The van der Waals surface area contributed by atoms with E-state index in [2.05, 4.69) is 69.4 Å². The highest BCUT2D eigenvalue weighted by Gasteiger charge is 2.19. The molecule has 0 radical (unpaired) electrons. The Morgan fingerprint density at radius 3 is 1.02 bits per heavy atom. The molecule has 0 saturated heterocycles. The highest BCUT2D eigenvalue weighted by atomic mass is 16.6. The van der Waals surface area contributed by atoms with Crippen LogP contribution in [0.2, 0.25) is 0 Å². The fourth-order valence-electron chi connectivity index (χ4n) is 7.57. The van der Waals surface area contributed by atoms with Gasteiger partial charge in [0.1, 0.15) is 13.2 Å². The van der Waals surface area contributed by atoms with E-state index >= 15 is 0 Å². The molecular formula is C56H100O6. The molecule has 360 valence electrons. The van der Waals surface area contributed by atoms with Crippen LogP contribution in [0.4, 0.5) is 0 Å². The fraction of sp³-hybridized carbons (Fsp3) is 0.804. The lowest BCUT2D eigenvalue weighted by Crippen LogP contribution is -2.30. The molecule has 1 atom stereocenters. The lowest BCUT2D eigenvalue weighted by atomic mass is 10.0. The molecule has 1 unspecified atom stereocenters.